The number of rotatable bonds is 7. The summed E-state index contributed by atoms with van der Waals surface area (Å²) in [6, 6.07) is 10.1. The van der Waals surface area contributed by atoms with Crippen LogP contribution < -0.4 is 5.43 Å². The van der Waals surface area contributed by atoms with E-state index in [1.54, 1.807) is 48.8 Å². The first-order chi connectivity index (χ1) is 14.0. The minimum atomic E-state index is -3.78. The van der Waals surface area contributed by atoms with Gasteiger partial charge in [0.25, 0.3) is 5.91 Å². The summed E-state index contributed by atoms with van der Waals surface area (Å²) >= 11 is 0. The van der Waals surface area contributed by atoms with E-state index in [-0.39, 0.29) is 17.5 Å². The molecule has 0 unspecified atom stereocenters. The quantitative estimate of drug-likeness (QED) is 0.557. The molecule has 1 N–H and O–H groups in total. The highest BCUT2D eigenvalue weighted by molar-refractivity contribution is 7.89. The number of nitrogens with one attached hydrogen (secondary N) is 1. The molecule has 2 aromatic rings. The maximum Gasteiger partial charge on any atom is 0.255 e. The molecule has 1 fully saturated rings. The Morgan fingerprint density at radius 1 is 1.14 bits per heavy atom. The first kappa shape index (κ1) is 21.1. The van der Waals surface area contributed by atoms with Gasteiger partial charge < -0.3 is 0 Å². The number of amides is 1. The van der Waals surface area contributed by atoms with Crippen molar-refractivity contribution in [1.29, 1.82) is 0 Å². The summed E-state index contributed by atoms with van der Waals surface area (Å²) in [4.78, 5) is 16.6. The maximum atomic E-state index is 13.3. The SMILES string of the molecule is Cc1ccc(S(=O)(=O)N(CC(=O)N/N=C\c2ccncc2)C2CCCCC2)cc1. The van der Waals surface area contributed by atoms with Crippen molar-refractivity contribution in [2.24, 2.45) is 5.10 Å². The van der Waals surface area contributed by atoms with Crippen LogP contribution in [0.1, 0.15) is 43.2 Å². The number of hydrogen-bond donors (Lipinski definition) is 1. The molecular formula is C21H26N4O3S. The van der Waals surface area contributed by atoms with Gasteiger partial charge in [-0.2, -0.15) is 9.41 Å². The van der Waals surface area contributed by atoms with Gasteiger partial charge in [0.2, 0.25) is 10.0 Å². The zero-order valence-corrected chi connectivity index (χ0v) is 17.3. The van der Waals surface area contributed by atoms with Crippen molar-refractivity contribution >= 4 is 22.1 Å². The van der Waals surface area contributed by atoms with Crippen molar-refractivity contribution in [2.75, 3.05) is 6.54 Å². The van der Waals surface area contributed by atoms with Crippen LogP contribution in [0.3, 0.4) is 0 Å². The van der Waals surface area contributed by atoms with Crippen LogP contribution in [0.4, 0.5) is 0 Å². The third-order valence-electron chi connectivity index (χ3n) is 5.02. The molecule has 1 heterocycles. The number of carbonyl (C=O) groups is 1. The van der Waals surface area contributed by atoms with Crippen molar-refractivity contribution in [2.45, 2.75) is 50.0 Å². The number of carbonyl (C=O) groups excluding carboxylic acids is 1. The Hall–Kier alpha value is -2.58. The summed E-state index contributed by atoms with van der Waals surface area (Å²) in [6.45, 7) is 1.65. The van der Waals surface area contributed by atoms with Crippen LogP contribution >= 0.6 is 0 Å². The fourth-order valence-electron chi connectivity index (χ4n) is 3.43. The molecular weight excluding hydrogens is 388 g/mol. The number of aromatic nitrogens is 1. The predicted octanol–water partition coefficient (Wildman–Crippen LogP) is 2.86. The van der Waals surface area contributed by atoms with E-state index in [2.05, 4.69) is 15.5 Å². The fraction of sp³-hybridized carbons (Fsp3) is 0.381. The lowest BCUT2D eigenvalue weighted by molar-refractivity contribution is -0.121. The molecule has 0 bridgehead atoms. The largest absolute Gasteiger partial charge is 0.272 e. The van der Waals surface area contributed by atoms with Gasteiger partial charge in [-0.1, -0.05) is 37.0 Å². The summed E-state index contributed by atoms with van der Waals surface area (Å²) < 4.78 is 27.9. The second-order valence-electron chi connectivity index (χ2n) is 7.23. The van der Waals surface area contributed by atoms with Crippen LogP contribution in [-0.2, 0) is 14.8 Å². The molecule has 0 radical (unpaired) electrons. The summed E-state index contributed by atoms with van der Waals surface area (Å²) in [6.07, 6.45) is 9.30. The van der Waals surface area contributed by atoms with E-state index < -0.39 is 15.9 Å². The minimum absolute atomic E-state index is 0.176. The average Bonchev–Trinajstić information content (AvgIpc) is 2.73. The number of pyridine rings is 1. The highest BCUT2D eigenvalue weighted by Crippen LogP contribution is 2.27. The third kappa shape index (κ3) is 5.71. The number of sulfonamides is 1. The Morgan fingerprint density at radius 2 is 1.79 bits per heavy atom. The van der Waals surface area contributed by atoms with Gasteiger partial charge in [0.05, 0.1) is 17.7 Å². The summed E-state index contributed by atoms with van der Waals surface area (Å²) in [7, 11) is -3.78. The Labute approximate surface area is 171 Å². The molecule has 0 aliphatic heterocycles. The van der Waals surface area contributed by atoms with Crippen LogP contribution in [0.25, 0.3) is 0 Å². The van der Waals surface area contributed by atoms with Crippen LogP contribution in [0.2, 0.25) is 0 Å². The topological polar surface area (TPSA) is 91.7 Å². The molecule has 1 amide bonds. The number of hydrazone groups is 1. The van der Waals surface area contributed by atoms with Crippen molar-refractivity contribution in [3.05, 3.63) is 59.9 Å². The molecule has 1 saturated carbocycles. The van der Waals surface area contributed by atoms with Crippen LogP contribution in [0, 0.1) is 6.92 Å². The molecule has 1 aliphatic rings. The monoisotopic (exact) mass is 414 g/mol. The van der Waals surface area contributed by atoms with Gasteiger partial charge in [-0.25, -0.2) is 13.8 Å². The summed E-state index contributed by atoms with van der Waals surface area (Å²) in [5.41, 5.74) is 4.21. The minimum Gasteiger partial charge on any atom is -0.272 e. The highest BCUT2D eigenvalue weighted by Gasteiger charge is 2.33. The third-order valence-corrected chi connectivity index (χ3v) is 6.93. The van der Waals surface area contributed by atoms with Crippen molar-refractivity contribution in [3.63, 3.8) is 0 Å². The van der Waals surface area contributed by atoms with E-state index in [1.807, 2.05) is 6.92 Å². The number of aryl methyl sites for hydroxylation is 1. The first-order valence-corrected chi connectivity index (χ1v) is 11.2. The van der Waals surface area contributed by atoms with Gasteiger partial charge in [0.1, 0.15) is 0 Å². The Bertz CT molecular complexity index is 938. The van der Waals surface area contributed by atoms with Crippen LogP contribution in [0.5, 0.6) is 0 Å². The lowest BCUT2D eigenvalue weighted by Gasteiger charge is -2.32. The molecule has 7 nitrogen and oxygen atoms in total. The maximum absolute atomic E-state index is 13.3. The molecule has 0 atom stereocenters. The summed E-state index contributed by atoms with van der Waals surface area (Å²) in [5.74, 6) is -0.462. The fourth-order valence-corrected chi connectivity index (χ4v) is 5.07. The van der Waals surface area contributed by atoms with Gasteiger partial charge >= 0.3 is 0 Å². The molecule has 3 rings (SSSR count). The molecule has 0 saturated heterocycles. The molecule has 29 heavy (non-hydrogen) atoms. The van der Waals surface area contributed by atoms with Crippen LogP contribution in [0.15, 0.2) is 58.8 Å². The van der Waals surface area contributed by atoms with Gasteiger partial charge in [0, 0.05) is 18.4 Å². The Morgan fingerprint density at radius 3 is 2.45 bits per heavy atom. The number of nitrogens with zero attached hydrogens (tertiary/aromatic N) is 3. The molecule has 154 valence electrons. The van der Waals surface area contributed by atoms with Gasteiger partial charge in [-0.3, -0.25) is 9.78 Å². The smallest absolute Gasteiger partial charge is 0.255 e. The summed E-state index contributed by atoms with van der Waals surface area (Å²) in [5, 5.41) is 3.93. The second kappa shape index (κ2) is 9.76. The predicted molar refractivity (Wildman–Crippen MR) is 112 cm³/mol. The zero-order chi connectivity index (χ0) is 20.7. The van der Waals surface area contributed by atoms with Gasteiger partial charge in [-0.05, 0) is 49.6 Å². The average molecular weight is 415 g/mol. The first-order valence-electron chi connectivity index (χ1n) is 9.77. The number of hydrogen-bond acceptors (Lipinski definition) is 5. The molecule has 1 aromatic heterocycles. The van der Waals surface area contributed by atoms with E-state index >= 15 is 0 Å². The Balaban J connectivity index is 1.75. The highest BCUT2D eigenvalue weighted by atomic mass is 32.2. The van der Waals surface area contributed by atoms with Gasteiger partial charge in [-0.15, -0.1) is 0 Å². The molecule has 0 spiro atoms. The second-order valence-corrected chi connectivity index (χ2v) is 9.12. The van der Waals surface area contributed by atoms with Crippen molar-refractivity contribution in [3.8, 4) is 0 Å². The molecule has 8 heteroatoms. The van der Waals surface area contributed by atoms with E-state index in [0.717, 1.165) is 43.2 Å². The zero-order valence-electron chi connectivity index (χ0n) is 16.5. The normalized spacial score (nSPS) is 15.7. The number of benzene rings is 1. The lowest BCUT2D eigenvalue weighted by atomic mass is 9.95. The van der Waals surface area contributed by atoms with E-state index in [0.29, 0.717) is 0 Å². The van der Waals surface area contributed by atoms with Gasteiger partial charge in [0.15, 0.2) is 0 Å². The van der Waals surface area contributed by atoms with Crippen LogP contribution in [-0.4, -0.2) is 42.4 Å². The Kier molecular flexibility index (Phi) is 7.11. The van der Waals surface area contributed by atoms with E-state index in [9.17, 15) is 13.2 Å². The standard InChI is InChI=1S/C21H26N4O3S/c1-17-7-9-20(10-8-17)29(27,28)25(19-5-3-2-4-6-19)16-21(26)24-23-15-18-11-13-22-14-12-18/h7-15,19H,2-6,16H2,1H3,(H,24,26)/b23-15-. The van der Waals surface area contributed by atoms with E-state index in [1.165, 1.54) is 10.5 Å². The van der Waals surface area contributed by atoms with E-state index in [4.69, 9.17) is 0 Å². The molecule has 1 aromatic carbocycles. The molecule has 1 aliphatic carbocycles. The van der Waals surface area contributed by atoms with Crippen molar-refractivity contribution < 1.29 is 13.2 Å². The van der Waals surface area contributed by atoms with Crippen molar-refractivity contribution in [1.82, 2.24) is 14.7 Å². The lowest BCUT2D eigenvalue weighted by Crippen LogP contribution is -2.46.